The van der Waals surface area contributed by atoms with Crippen molar-refractivity contribution in [1.82, 2.24) is 9.97 Å². The van der Waals surface area contributed by atoms with Crippen LogP contribution in [0.15, 0.2) is 65.6 Å². The normalized spacial score (nSPS) is 22.2. The number of aromatic amines is 1. The molecular formula is C29H31FN2O5S. The molecular weight excluding hydrogens is 507 g/mol. The van der Waals surface area contributed by atoms with Crippen molar-refractivity contribution in [3.63, 3.8) is 0 Å². The first-order valence-corrected chi connectivity index (χ1v) is 13.8. The number of aromatic nitrogens is 2. The molecule has 2 aromatic heterocycles. The van der Waals surface area contributed by atoms with Crippen molar-refractivity contribution in [2.45, 2.75) is 43.2 Å². The molecule has 7 nitrogen and oxygen atoms in total. The van der Waals surface area contributed by atoms with E-state index >= 15 is 0 Å². The molecule has 3 N–H and O–H groups in total. The van der Waals surface area contributed by atoms with Gasteiger partial charge in [-0.1, -0.05) is 50.2 Å². The molecule has 2 aliphatic heterocycles. The zero-order valence-electron chi connectivity index (χ0n) is 21.3. The van der Waals surface area contributed by atoms with E-state index in [0.29, 0.717) is 34.8 Å². The second-order valence-corrected chi connectivity index (χ2v) is 10.0. The van der Waals surface area contributed by atoms with E-state index in [1.54, 1.807) is 17.8 Å². The summed E-state index contributed by atoms with van der Waals surface area (Å²) in [6.07, 6.45) is -1.72. The predicted molar refractivity (Wildman–Crippen MR) is 146 cm³/mol. The maximum atomic E-state index is 15.0. The molecule has 1 unspecified atom stereocenters. The number of ether oxygens (including phenoxy) is 3. The number of fused-ring (bicyclic) bond motifs is 2. The van der Waals surface area contributed by atoms with Gasteiger partial charge in [0.15, 0.2) is 17.8 Å². The number of nitrogens with one attached hydrogen (secondary N) is 1. The van der Waals surface area contributed by atoms with Gasteiger partial charge in [-0.15, -0.1) is 11.8 Å². The summed E-state index contributed by atoms with van der Waals surface area (Å²) >= 11 is 1.61. The average Bonchev–Trinajstić information content (AvgIpc) is 3.65. The SMILES string of the molecule is CC.OCCSc1ccc(-c2ccc(-c3nc4cc(O[C@@H]5COC6[C@H](O)CO[C@@H]65)[nH]c4cc3F)cc2)cc1. The second kappa shape index (κ2) is 11.8. The molecule has 0 aliphatic carbocycles. The van der Waals surface area contributed by atoms with E-state index in [0.717, 1.165) is 16.0 Å². The van der Waals surface area contributed by atoms with Gasteiger partial charge in [-0.25, -0.2) is 9.37 Å². The quantitative estimate of drug-likeness (QED) is 0.283. The third-order valence-corrected chi connectivity index (χ3v) is 7.49. The molecule has 200 valence electrons. The highest BCUT2D eigenvalue weighted by Gasteiger charge is 2.48. The molecule has 4 atom stereocenters. The monoisotopic (exact) mass is 538 g/mol. The number of hydrogen-bond donors (Lipinski definition) is 3. The van der Waals surface area contributed by atoms with Crippen molar-refractivity contribution >= 4 is 22.8 Å². The van der Waals surface area contributed by atoms with Crippen LogP contribution in [0.25, 0.3) is 33.4 Å². The van der Waals surface area contributed by atoms with Gasteiger partial charge in [0.1, 0.15) is 24.0 Å². The van der Waals surface area contributed by atoms with Crippen molar-refractivity contribution in [1.29, 1.82) is 0 Å². The fourth-order valence-electron chi connectivity index (χ4n) is 4.71. The summed E-state index contributed by atoms with van der Waals surface area (Å²) in [5.41, 5.74) is 4.14. The molecule has 0 bridgehead atoms. The van der Waals surface area contributed by atoms with Gasteiger partial charge in [0.25, 0.3) is 0 Å². The standard InChI is InChI=1S/C27H25FN2O5S.C2H6/c28-19-11-20-21(12-24(29-20)35-23-14-34-26-22(32)13-33-27(23)26)30-25(19)17-3-1-15(2-4-17)16-5-7-18(8-6-16)36-10-9-31;1-2/h1-8,11-12,22-23,26-27,29,31-32H,9-10,13-14H2;1-2H3/t22-,23-,26?,27-;/m1./s1. The Bertz CT molecular complexity index is 1360. The topological polar surface area (TPSA) is 96.8 Å². The van der Waals surface area contributed by atoms with Crippen molar-refractivity contribution in [3.8, 4) is 28.3 Å². The molecule has 38 heavy (non-hydrogen) atoms. The molecule has 6 rings (SSSR count). The Morgan fingerprint density at radius 1 is 0.974 bits per heavy atom. The van der Waals surface area contributed by atoms with E-state index in [1.807, 2.05) is 62.4 Å². The Morgan fingerprint density at radius 2 is 1.63 bits per heavy atom. The molecule has 2 aliphatic rings. The smallest absolute Gasteiger partial charge is 0.193 e. The van der Waals surface area contributed by atoms with Crippen LogP contribution in [0.2, 0.25) is 0 Å². The summed E-state index contributed by atoms with van der Waals surface area (Å²) in [7, 11) is 0. The Kier molecular flexibility index (Phi) is 8.30. The van der Waals surface area contributed by atoms with Crippen molar-refractivity contribution in [2.24, 2.45) is 0 Å². The molecule has 0 spiro atoms. The third kappa shape index (κ3) is 5.43. The molecule has 4 aromatic rings. The lowest BCUT2D eigenvalue weighted by Crippen LogP contribution is -2.34. The van der Waals surface area contributed by atoms with E-state index in [-0.39, 0.29) is 37.2 Å². The second-order valence-electron chi connectivity index (χ2n) is 8.88. The van der Waals surface area contributed by atoms with Crippen LogP contribution in [0.4, 0.5) is 4.39 Å². The summed E-state index contributed by atoms with van der Waals surface area (Å²) < 4.78 is 32.2. The zero-order chi connectivity index (χ0) is 26.6. The molecule has 2 fully saturated rings. The highest BCUT2D eigenvalue weighted by atomic mass is 32.2. The van der Waals surface area contributed by atoms with Crippen LogP contribution in [-0.4, -0.2) is 70.2 Å². The zero-order valence-corrected chi connectivity index (χ0v) is 22.1. The van der Waals surface area contributed by atoms with Gasteiger partial charge in [0, 0.05) is 28.3 Å². The van der Waals surface area contributed by atoms with Gasteiger partial charge < -0.3 is 29.4 Å². The third-order valence-electron chi connectivity index (χ3n) is 6.50. The minimum atomic E-state index is -0.647. The van der Waals surface area contributed by atoms with Gasteiger partial charge in [-0.3, -0.25) is 0 Å². The lowest BCUT2D eigenvalue weighted by Gasteiger charge is -2.16. The van der Waals surface area contributed by atoms with Gasteiger partial charge in [0.2, 0.25) is 0 Å². The van der Waals surface area contributed by atoms with Crippen LogP contribution >= 0.6 is 11.8 Å². The average molecular weight is 539 g/mol. The van der Waals surface area contributed by atoms with E-state index in [9.17, 15) is 9.50 Å². The molecule has 2 aromatic carbocycles. The number of hydrogen-bond acceptors (Lipinski definition) is 7. The first kappa shape index (κ1) is 26.6. The van der Waals surface area contributed by atoms with Gasteiger partial charge >= 0.3 is 0 Å². The summed E-state index contributed by atoms with van der Waals surface area (Å²) in [5.74, 6) is 0.685. The van der Waals surface area contributed by atoms with Crippen LogP contribution in [0.1, 0.15) is 13.8 Å². The Balaban J connectivity index is 0.00000144. The van der Waals surface area contributed by atoms with Crippen molar-refractivity contribution in [3.05, 3.63) is 66.5 Å². The molecule has 2 saturated heterocycles. The van der Waals surface area contributed by atoms with Crippen LogP contribution < -0.4 is 4.74 Å². The lowest BCUT2D eigenvalue weighted by atomic mass is 10.0. The lowest BCUT2D eigenvalue weighted by molar-refractivity contribution is 0.00794. The summed E-state index contributed by atoms with van der Waals surface area (Å²) in [6, 6.07) is 18.9. The van der Waals surface area contributed by atoms with Crippen LogP contribution in [0.5, 0.6) is 5.88 Å². The number of benzene rings is 2. The van der Waals surface area contributed by atoms with Crippen molar-refractivity contribution in [2.75, 3.05) is 25.6 Å². The van der Waals surface area contributed by atoms with Crippen LogP contribution in [0.3, 0.4) is 0 Å². The summed E-state index contributed by atoms with van der Waals surface area (Å²) in [5, 5.41) is 18.9. The first-order chi connectivity index (χ1) is 18.6. The van der Waals surface area contributed by atoms with Crippen LogP contribution in [0, 0.1) is 5.82 Å². The van der Waals surface area contributed by atoms with E-state index in [2.05, 4.69) is 9.97 Å². The van der Waals surface area contributed by atoms with Crippen molar-refractivity contribution < 1.29 is 28.8 Å². The Hall–Kier alpha value is -2.95. The summed E-state index contributed by atoms with van der Waals surface area (Å²) in [4.78, 5) is 8.72. The van der Waals surface area contributed by atoms with E-state index < -0.39 is 11.9 Å². The largest absolute Gasteiger partial charge is 0.470 e. The molecule has 9 heteroatoms. The number of H-pyrrole nitrogens is 1. The van der Waals surface area contributed by atoms with Gasteiger partial charge in [-0.05, 0) is 23.3 Å². The minimum absolute atomic E-state index is 0.150. The maximum absolute atomic E-state index is 15.0. The van der Waals surface area contributed by atoms with Gasteiger partial charge in [-0.2, -0.15) is 0 Å². The Labute approximate surface area is 225 Å². The van der Waals surface area contributed by atoms with Crippen LogP contribution in [-0.2, 0) is 9.47 Å². The van der Waals surface area contributed by atoms with Gasteiger partial charge in [0.05, 0.1) is 30.9 Å². The molecule has 0 radical (unpaired) electrons. The minimum Gasteiger partial charge on any atom is -0.470 e. The maximum Gasteiger partial charge on any atom is 0.193 e. The number of rotatable bonds is 7. The highest BCUT2D eigenvalue weighted by Crippen LogP contribution is 2.32. The number of thioether (sulfide) groups is 1. The fraction of sp³-hybridized carbons (Fsp3) is 0.345. The first-order valence-electron chi connectivity index (χ1n) is 12.8. The molecule has 0 saturated carbocycles. The highest BCUT2D eigenvalue weighted by molar-refractivity contribution is 7.99. The predicted octanol–water partition coefficient (Wildman–Crippen LogP) is 5.05. The number of aliphatic hydroxyl groups is 2. The molecule has 4 heterocycles. The number of halogens is 1. The number of nitrogens with zero attached hydrogens (tertiary/aromatic N) is 1. The summed E-state index contributed by atoms with van der Waals surface area (Å²) in [6.45, 7) is 4.69. The molecule has 0 amide bonds. The fourth-order valence-corrected chi connectivity index (χ4v) is 5.36. The van der Waals surface area contributed by atoms with E-state index in [1.165, 1.54) is 6.07 Å². The number of aliphatic hydroxyl groups excluding tert-OH is 2. The number of pyridine rings is 1. The van der Waals surface area contributed by atoms with E-state index in [4.69, 9.17) is 19.3 Å². The Morgan fingerprint density at radius 3 is 2.34 bits per heavy atom.